The van der Waals surface area contributed by atoms with Crippen LogP contribution in [0.1, 0.15) is 403 Å². The van der Waals surface area contributed by atoms with Crippen LogP contribution >= 0.6 is 12.6 Å². The van der Waals surface area contributed by atoms with E-state index in [4.69, 9.17) is 14.0 Å². The summed E-state index contributed by atoms with van der Waals surface area (Å²) < 4.78 is 71.2. The van der Waals surface area contributed by atoms with Gasteiger partial charge in [-0.1, -0.05) is 413 Å². The van der Waals surface area contributed by atoms with E-state index in [2.05, 4.69) is 370 Å². The fourth-order valence-corrected chi connectivity index (χ4v) is 26.4. The maximum atomic E-state index is 13.2. The van der Waals surface area contributed by atoms with Crippen molar-refractivity contribution in [2.75, 3.05) is 20.8 Å². The van der Waals surface area contributed by atoms with Crippen LogP contribution in [0.4, 0.5) is 8.78 Å². The first-order chi connectivity index (χ1) is 70.4. The zero-order valence-electron chi connectivity index (χ0n) is 91.2. The molecule has 9 aliphatic rings. The van der Waals surface area contributed by atoms with Crippen LogP contribution in [0, 0.1) is 60.7 Å². The molecule has 0 heterocycles. The highest BCUT2D eigenvalue weighted by molar-refractivity contribution is 7.87. The summed E-state index contributed by atoms with van der Waals surface area (Å²) in [4.78, 5) is 24.1. The molecule has 0 spiro atoms. The number of methoxy groups -OCH3 is 2. The summed E-state index contributed by atoms with van der Waals surface area (Å²) in [7, 11) is -2.39. The molecule has 2 atom stereocenters. The van der Waals surface area contributed by atoms with Crippen LogP contribution in [0.2, 0.25) is 0 Å². The number of hydrogen-bond donors (Lipinski definition) is 2. The van der Waals surface area contributed by atoms with E-state index in [0.29, 0.717) is 58.5 Å². The zero-order chi connectivity index (χ0) is 105. The van der Waals surface area contributed by atoms with E-state index in [1.54, 1.807) is 36.5 Å². The number of benzene rings is 12. The molecule has 9 fully saturated rings. The molecule has 0 aromatic heterocycles. The second kappa shape index (κ2) is 52.8. The average molecular weight is 2020 g/mol. The number of ether oxygens (including phenoxy) is 3. The van der Waals surface area contributed by atoms with Crippen molar-refractivity contribution < 1.29 is 45.6 Å². The fraction of sp³-hybridized carbons (Fsp3) is 0.452. The van der Waals surface area contributed by atoms with Gasteiger partial charge in [0.25, 0.3) is 0 Å². The van der Waals surface area contributed by atoms with Crippen LogP contribution in [-0.2, 0) is 29.9 Å². The fourth-order valence-electron chi connectivity index (χ4n) is 26.0. The van der Waals surface area contributed by atoms with E-state index in [-0.39, 0.29) is 34.7 Å². The third-order valence-corrected chi connectivity index (χ3v) is 35.0. The van der Waals surface area contributed by atoms with Crippen LogP contribution in [0.5, 0.6) is 11.5 Å². The molecule has 6 bridgehead atoms. The van der Waals surface area contributed by atoms with E-state index >= 15 is 0 Å². The lowest BCUT2D eigenvalue weighted by molar-refractivity contribution is -0.172. The molecule has 8 nitrogen and oxygen atoms in total. The summed E-state index contributed by atoms with van der Waals surface area (Å²) in [5.41, 5.74) is 27.6. The lowest BCUT2D eigenvalue weighted by atomic mass is 9.50. The molecule has 0 saturated heterocycles. The number of alkyl halides is 2. The molecule has 12 aromatic rings. The second-order valence-electron chi connectivity index (χ2n) is 46.2. The van der Waals surface area contributed by atoms with E-state index in [9.17, 15) is 26.8 Å². The first-order valence-electron chi connectivity index (χ1n) is 55.2. The number of thiol groups is 1. The molecule has 12 aromatic carbocycles. The Morgan fingerprint density at radius 1 is 0.429 bits per heavy atom. The van der Waals surface area contributed by atoms with E-state index in [0.717, 1.165) is 91.9 Å². The summed E-state index contributed by atoms with van der Waals surface area (Å²) >= 11 is 4.08. The molecule has 0 radical (unpaired) electrons. The van der Waals surface area contributed by atoms with Gasteiger partial charge in [0.1, 0.15) is 17.3 Å². The number of halogens is 2. The maximum absolute atomic E-state index is 13.2. The van der Waals surface area contributed by atoms with Crippen LogP contribution < -0.4 is 9.47 Å². The summed E-state index contributed by atoms with van der Waals surface area (Å²) in [5, 5.41) is -4.89. The number of carbonyl (C=O) groups is 2. The summed E-state index contributed by atoms with van der Waals surface area (Å²) in [6, 6.07) is 108. The predicted molar refractivity (Wildman–Crippen MR) is 610 cm³/mol. The van der Waals surface area contributed by atoms with Gasteiger partial charge in [-0.2, -0.15) is 17.2 Å². The number of fused-ring (bicyclic) bond motifs is 2. The predicted octanol–water partition coefficient (Wildman–Crippen LogP) is 36.7. The van der Waals surface area contributed by atoms with Crippen molar-refractivity contribution >= 4 is 34.5 Å². The van der Waals surface area contributed by atoms with Crippen LogP contribution in [-0.4, -0.2) is 50.8 Å². The lowest BCUT2D eigenvalue weighted by Gasteiger charge is -2.56. The molecular formula is C135H168F2O8S2. The van der Waals surface area contributed by atoms with Gasteiger partial charge in [-0.25, -0.2) is 4.79 Å². The van der Waals surface area contributed by atoms with Gasteiger partial charge in [0.15, 0.2) is 0 Å². The number of rotatable bonds is 22. The second-order valence-corrected chi connectivity index (χ2v) is 48.1. The molecule has 21 rings (SSSR count). The van der Waals surface area contributed by atoms with Gasteiger partial charge in [-0.15, -0.1) is 12.6 Å². The monoisotopic (exact) mass is 2020 g/mol. The molecule has 0 aliphatic heterocycles. The highest BCUT2D eigenvalue weighted by atomic mass is 32.2. The number of carbonyl (C=O) groups excluding carboxylic acids is 2. The largest absolute Gasteiger partial charge is 0.497 e. The molecule has 0 amide bonds. The number of hydrogen-bond acceptors (Lipinski definition) is 8. The normalized spacial score (nSPS) is 19.9. The summed E-state index contributed by atoms with van der Waals surface area (Å²) in [6.07, 6.45) is 32.2. The Hall–Kier alpha value is -10.5. The van der Waals surface area contributed by atoms with Crippen LogP contribution in [0.25, 0.3) is 0 Å². The van der Waals surface area contributed by atoms with Crippen molar-refractivity contribution in [1.29, 1.82) is 0 Å². The van der Waals surface area contributed by atoms with E-state index < -0.39 is 21.3 Å². The van der Waals surface area contributed by atoms with Gasteiger partial charge in [-0.05, 0) is 324 Å². The lowest BCUT2D eigenvalue weighted by Crippen LogP contribution is -2.49. The number of esters is 1. The van der Waals surface area contributed by atoms with E-state index in [1.165, 1.54) is 186 Å². The van der Waals surface area contributed by atoms with Crippen molar-refractivity contribution in [3.8, 4) is 11.5 Å². The van der Waals surface area contributed by atoms with Gasteiger partial charge >= 0.3 is 21.3 Å². The highest BCUT2D eigenvalue weighted by Crippen LogP contribution is 2.66. The smallest absolute Gasteiger partial charge is 0.465 e. The molecule has 9 saturated carbocycles. The number of Topliss-reactive ketones (excluding diaryl/α,β-unsaturated/α-hetero) is 1. The molecule has 1 N–H and O–H groups in total. The van der Waals surface area contributed by atoms with Crippen molar-refractivity contribution in [2.45, 2.75) is 333 Å². The minimum Gasteiger partial charge on any atom is -0.497 e. The van der Waals surface area contributed by atoms with Gasteiger partial charge in [0, 0.05) is 39.9 Å². The van der Waals surface area contributed by atoms with Crippen molar-refractivity contribution in [1.82, 2.24) is 0 Å². The standard InChI is InChI=1S/C25H38.C23H24.C22H22O2.C19H16.C16H26.C13H18F2O5S.C11H18O.C6H6S/c1-19-24(21-13-7-3-8-14-21)17-23(20-11-5-2-6-12-20)18-25(19)22-15-9-4-10-16-22;1-23(2,3)21-16-14-20(15-17-21)22(18-10-6-4-7-11-18)19-12-8-5-9-13-19;1-16-7-4-8-17(13-16)22(18-9-5-11-20(14-18)23-2)19-10-6-12-21(15-19)24-3;1-4-10-16(11-5-1)19(17-12-6-2-7-13-17)18-14-8-3-9-15-18;1-10(2)14-8-15(11(3)4)13(7)16(9-14)12(5)6;14-13(15,21(17,18)19)11(16)20-7-12-4-8-1-9(5-12)3-10(2-8)6-12;1-4-11-6-5-8(7-9(11)12)10(11,2)3;7-6-4-2-1-3-5-6/h17-18,20-22H,2-16H2,1H3;4-17,22H,1-3H3;4-15,22H,1-3H3;1-15,19H;8-12H,1-7H3;8-10H,1-7H2,(H,17,18,19);8H,4-7H2,1-3H3;1-5,7H. The van der Waals surface area contributed by atoms with Crippen LogP contribution in [0.3, 0.4) is 0 Å². The van der Waals surface area contributed by atoms with Gasteiger partial charge in [0.05, 0.1) is 20.8 Å². The Morgan fingerprint density at radius 2 is 0.782 bits per heavy atom. The first-order valence-corrected chi connectivity index (χ1v) is 57.1. The van der Waals surface area contributed by atoms with Crippen molar-refractivity contribution in [3.05, 3.63) is 409 Å². The molecule has 12 heteroatoms. The molecule has 782 valence electrons. The van der Waals surface area contributed by atoms with Crippen LogP contribution in [0.15, 0.2) is 308 Å². The van der Waals surface area contributed by atoms with Gasteiger partial charge in [-0.3, -0.25) is 9.35 Å². The maximum Gasteiger partial charge on any atom is 0.465 e. The van der Waals surface area contributed by atoms with Gasteiger partial charge < -0.3 is 14.2 Å². The minimum atomic E-state index is -5.79. The topological polar surface area (TPSA) is 116 Å². The molecule has 9 aliphatic carbocycles. The molecular weight excluding hydrogens is 1850 g/mol. The Morgan fingerprint density at radius 3 is 1.10 bits per heavy atom. The number of ketones is 1. The highest BCUT2D eigenvalue weighted by Gasteiger charge is 2.63. The third-order valence-electron chi connectivity index (χ3n) is 33.8. The average Bonchev–Trinajstić information content (AvgIpc) is 1.56. The quantitative estimate of drug-likeness (QED) is 0.0298. The SMILES string of the molecule is CC(C)(C)c1ccc(C(c2ccccc2)c2ccccc2)cc1.CCC12CCC(CC1=O)C2(C)C.COc1cccc(C(c2cccc(C)c2)c2cccc(OC)c2)c1.Cc1c(C(C)C)cc(C(C)C)cc1C(C)C.Cc1c(C2CCCCC2)cc(C2CCCCC2)cc1C1CCCCC1.O=C(OCC12CC3CC(CC(C3)C1)C2)C(F)(F)S(=O)(=O)O.Sc1ccccc1.c1ccc(C(c2ccccc2)c2ccccc2)cc1. The third kappa shape index (κ3) is 29.6. The van der Waals surface area contributed by atoms with Crippen molar-refractivity contribution in [3.63, 3.8) is 0 Å². The van der Waals surface area contributed by atoms with E-state index in [1.807, 2.05) is 54.6 Å². The Kier molecular flexibility index (Phi) is 40.8. The van der Waals surface area contributed by atoms with Crippen molar-refractivity contribution in [2.24, 2.45) is 39.9 Å². The Labute approximate surface area is 888 Å². The minimum absolute atomic E-state index is 0.0671. The molecule has 2 unspecified atom stereocenters. The summed E-state index contributed by atoms with van der Waals surface area (Å²) in [6.45, 7) is 33.9. The summed E-state index contributed by atoms with van der Waals surface area (Å²) in [5.74, 6) is 7.66. The number of aryl methyl sites for hydroxylation is 1. The van der Waals surface area contributed by atoms with Gasteiger partial charge in [0.2, 0.25) is 0 Å². The Balaban J connectivity index is 0.000000143. The first kappa shape index (κ1) is 114. The molecule has 147 heavy (non-hydrogen) atoms. The zero-order valence-corrected chi connectivity index (χ0v) is 92.9. The Bertz CT molecular complexity index is 5930.